The van der Waals surface area contributed by atoms with Crippen molar-refractivity contribution < 1.29 is 23.9 Å². The first-order chi connectivity index (χ1) is 19.3. The highest BCUT2D eigenvalue weighted by atomic mass is 16.3. The zero-order valence-corrected chi connectivity index (χ0v) is 22.6. The Balaban J connectivity index is 1.63. The van der Waals surface area contributed by atoms with Gasteiger partial charge in [0.25, 0.3) is 0 Å². The Kier molecular flexibility index (Phi) is 9.09. The molecule has 2 heterocycles. The van der Waals surface area contributed by atoms with E-state index >= 15 is 0 Å². The molecule has 4 amide bonds. The maximum Gasteiger partial charge on any atom is 0.334 e. The fourth-order valence-corrected chi connectivity index (χ4v) is 4.83. The van der Waals surface area contributed by atoms with Gasteiger partial charge in [-0.1, -0.05) is 48.4 Å². The Morgan fingerprint density at radius 2 is 1.85 bits per heavy atom. The molecule has 0 spiro atoms. The molecule has 10 heteroatoms. The molecular weight excluding hydrogens is 510 g/mol. The van der Waals surface area contributed by atoms with Gasteiger partial charge in [-0.05, 0) is 42.3 Å². The first kappa shape index (κ1) is 28.3. The molecule has 10 nitrogen and oxygen atoms in total. The van der Waals surface area contributed by atoms with E-state index in [1.54, 1.807) is 38.2 Å². The summed E-state index contributed by atoms with van der Waals surface area (Å²) in [5, 5.41) is 15.6. The number of aromatic hydroxyl groups is 1. The number of carbonyl (C=O) groups excluding carboxylic acids is 3. The van der Waals surface area contributed by atoms with Crippen molar-refractivity contribution in [3.05, 3.63) is 89.9 Å². The molecule has 2 atom stereocenters. The van der Waals surface area contributed by atoms with Crippen LogP contribution in [0.2, 0.25) is 0 Å². The number of hydrogen-bond acceptors (Lipinski definition) is 6. The molecule has 1 fully saturated rings. The van der Waals surface area contributed by atoms with Crippen molar-refractivity contribution in [2.75, 3.05) is 20.1 Å². The number of phenols is 1. The van der Waals surface area contributed by atoms with Crippen molar-refractivity contribution in [3.8, 4) is 18.1 Å². The van der Waals surface area contributed by atoms with Gasteiger partial charge in [0.15, 0.2) is 0 Å². The van der Waals surface area contributed by atoms with Gasteiger partial charge in [0.1, 0.15) is 23.7 Å². The lowest BCUT2D eigenvalue weighted by atomic mass is 10.0. The summed E-state index contributed by atoms with van der Waals surface area (Å²) >= 11 is 0. The van der Waals surface area contributed by atoms with E-state index in [1.165, 1.54) is 38.2 Å². The SMILES string of the molecule is C#CCN1CC(=O)N([C@@H](Cc2ccc(O)cc2)C(=O)N(C)Cc2ccco2)[C@H](C)N1C(=O)NCc1ccccc1. The third-order valence-electron chi connectivity index (χ3n) is 6.77. The molecule has 208 valence electrons. The van der Waals surface area contributed by atoms with Crippen molar-refractivity contribution in [2.45, 2.75) is 38.6 Å². The average Bonchev–Trinajstić information content (AvgIpc) is 3.45. The van der Waals surface area contributed by atoms with Gasteiger partial charge in [0.2, 0.25) is 11.8 Å². The smallest absolute Gasteiger partial charge is 0.334 e. The molecule has 1 aromatic heterocycles. The Morgan fingerprint density at radius 3 is 2.50 bits per heavy atom. The van der Waals surface area contributed by atoms with E-state index in [4.69, 9.17) is 10.8 Å². The molecule has 4 rings (SSSR count). The van der Waals surface area contributed by atoms with Crippen molar-refractivity contribution in [1.29, 1.82) is 0 Å². The lowest BCUT2D eigenvalue weighted by Gasteiger charge is -2.49. The fraction of sp³-hybridized carbons (Fsp3) is 0.300. The second kappa shape index (κ2) is 12.9. The van der Waals surface area contributed by atoms with Crippen molar-refractivity contribution in [2.24, 2.45) is 0 Å². The zero-order chi connectivity index (χ0) is 28.6. The first-order valence-corrected chi connectivity index (χ1v) is 12.9. The summed E-state index contributed by atoms with van der Waals surface area (Å²) < 4.78 is 5.42. The van der Waals surface area contributed by atoms with Gasteiger partial charge in [-0.15, -0.1) is 6.42 Å². The Labute approximate surface area is 233 Å². The number of nitrogens with one attached hydrogen (secondary N) is 1. The second-order valence-corrected chi connectivity index (χ2v) is 9.61. The molecule has 2 N–H and O–H groups in total. The number of hydrazine groups is 1. The Hall–Kier alpha value is -4.75. The number of likely N-dealkylation sites (N-methyl/N-ethyl adjacent to an activating group) is 1. The fourth-order valence-electron chi connectivity index (χ4n) is 4.83. The molecule has 1 aliphatic heterocycles. The Bertz CT molecular complexity index is 1340. The minimum Gasteiger partial charge on any atom is -0.508 e. The van der Waals surface area contributed by atoms with E-state index in [9.17, 15) is 19.5 Å². The lowest BCUT2D eigenvalue weighted by Crippen LogP contribution is -2.70. The highest BCUT2D eigenvalue weighted by Gasteiger charge is 2.44. The summed E-state index contributed by atoms with van der Waals surface area (Å²) in [6.45, 7) is 2.06. The number of rotatable bonds is 9. The largest absolute Gasteiger partial charge is 0.508 e. The van der Waals surface area contributed by atoms with Crippen molar-refractivity contribution >= 4 is 17.8 Å². The summed E-state index contributed by atoms with van der Waals surface area (Å²) in [4.78, 5) is 43.9. The summed E-state index contributed by atoms with van der Waals surface area (Å²) in [5.74, 6) is 2.55. The van der Waals surface area contributed by atoms with Gasteiger partial charge >= 0.3 is 6.03 Å². The number of phenolic OH excluding ortho intramolecular Hbond substituents is 1. The zero-order valence-electron chi connectivity index (χ0n) is 22.6. The van der Waals surface area contributed by atoms with Gasteiger partial charge in [-0.25, -0.2) is 9.80 Å². The standard InChI is InChI=1S/C30H33N5O5/c1-4-16-33-21-28(37)34(22(2)35(33)30(39)31-19-24-9-6-5-7-10-24)27(18-23-12-14-25(36)15-13-23)29(38)32(3)20-26-11-8-17-40-26/h1,5-15,17,22,27,36H,16,18-21H2,2-3H3,(H,31,39)/t22-,27-/m0/s1. The van der Waals surface area contributed by atoms with Crippen LogP contribution < -0.4 is 5.32 Å². The molecule has 0 bridgehead atoms. The predicted molar refractivity (Wildman–Crippen MR) is 148 cm³/mol. The molecule has 0 saturated carbocycles. The molecule has 0 unspecified atom stereocenters. The van der Waals surface area contributed by atoms with E-state index in [0.717, 1.165) is 11.1 Å². The summed E-state index contributed by atoms with van der Waals surface area (Å²) in [6.07, 6.45) is 6.45. The van der Waals surface area contributed by atoms with Crippen LogP contribution in [0.5, 0.6) is 5.75 Å². The van der Waals surface area contributed by atoms with Crippen LogP contribution in [0.15, 0.2) is 77.4 Å². The monoisotopic (exact) mass is 543 g/mol. The van der Waals surface area contributed by atoms with Gasteiger partial charge < -0.3 is 24.6 Å². The predicted octanol–water partition coefficient (Wildman–Crippen LogP) is 2.81. The molecular formula is C30H33N5O5. The van der Waals surface area contributed by atoms with Crippen LogP contribution in [0.25, 0.3) is 0 Å². The van der Waals surface area contributed by atoms with E-state index in [0.29, 0.717) is 5.76 Å². The van der Waals surface area contributed by atoms with Gasteiger partial charge in [0.05, 0.1) is 25.9 Å². The van der Waals surface area contributed by atoms with Crippen LogP contribution in [0.4, 0.5) is 4.79 Å². The van der Waals surface area contributed by atoms with Crippen LogP contribution in [0.1, 0.15) is 23.8 Å². The molecule has 3 aromatic rings. The van der Waals surface area contributed by atoms with Crippen LogP contribution in [-0.2, 0) is 29.1 Å². The highest BCUT2D eigenvalue weighted by Crippen LogP contribution is 2.24. The number of amides is 4. The number of carbonyl (C=O) groups is 3. The van der Waals surface area contributed by atoms with Crippen LogP contribution in [0, 0.1) is 12.3 Å². The summed E-state index contributed by atoms with van der Waals surface area (Å²) in [7, 11) is 1.64. The molecule has 1 aliphatic rings. The number of urea groups is 1. The third-order valence-corrected chi connectivity index (χ3v) is 6.77. The van der Waals surface area contributed by atoms with E-state index in [2.05, 4.69) is 11.2 Å². The number of hydrogen-bond donors (Lipinski definition) is 2. The molecule has 0 radical (unpaired) electrons. The topological polar surface area (TPSA) is 110 Å². The van der Waals surface area contributed by atoms with Crippen molar-refractivity contribution in [3.63, 3.8) is 0 Å². The molecule has 0 aliphatic carbocycles. The molecule has 40 heavy (non-hydrogen) atoms. The third kappa shape index (κ3) is 6.62. The Morgan fingerprint density at radius 1 is 1.12 bits per heavy atom. The van der Waals surface area contributed by atoms with Gasteiger partial charge in [-0.3, -0.25) is 9.59 Å². The average molecular weight is 544 g/mol. The lowest BCUT2D eigenvalue weighted by molar-refractivity contribution is -0.173. The van der Waals surface area contributed by atoms with Gasteiger partial charge in [-0.2, -0.15) is 5.01 Å². The first-order valence-electron chi connectivity index (χ1n) is 12.9. The molecule has 2 aromatic carbocycles. The minimum absolute atomic E-state index is 0.0393. The number of terminal acetylenes is 1. The number of nitrogens with zero attached hydrogens (tertiary/aromatic N) is 4. The normalized spacial score (nSPS) is 16.3. The highest BCUT2D eigenvalue weighted by molar-refractivity contribution is 5.90. The quantitative estimate of drug-likeness (QED) is 0.402. The van der Waals surface area contributed by atoms with Crippen LogP contribution in [-0.4, -0.2) is 75.1 Å². The maximum atomic E-state index is 13.9. The van der Waals surface area contributed by atoms with E-state index in [1.807, 2.05) is 30.3 Å². The van der Waals surface area contributed by atoms with Crippen LogP contribution >= 0.6 is 0 Å². The maximum absolute atomic E-state index is 13.9. The van der Waals surface area contributed by atoms with E-state index in [-0.39, 0.29) is 50.2 Å². The number of furan rings is 1. The summed E-state index contributed by atoms with van der Waals surface area (Å²) in [6, 6.07) is 18.1. The second-order valence-electron chi connectivity index (χ2n) is 9.61. The van der Waals surface area contributed by atoms with Gasteiger partial charge in [0, 0.05) is 20.0 Å². The van der Waals surface area contributed by atoms with E-state index < -0.39 is 18.2 Å². The minimum atomic E-state index is -0.940. The van der Waals surface area contributed by atoms with Crippen LogP contribution in [0.3, 0.4) is 0 Å². The summed E-state index contributed by atoms with van der Waals surface area (Å²) in [5.41, 5.74) is 1.66. The van der Waals surface area contributed by atoms with Crippen molar-refractivity contribution in [1.82, 2.24) is 25.1 Å². The molecule has 1 saturated heterocycles. The number of benzene rings is 2.